The van der Waals surface area contributed by atoms with Gasteiger partial charge in [0.1, 0.15) is 0 Å². The zero-order valence-electron chi connectivity index (χ0n) is 11.2. The van der Waals surface area contributed by atoms with Gasteiger partial charge in [-0.1, -0.05) is 0 Å². The van der Waals surface area contributed by atoms with Gasteiger partial charge in [0.15, 0.2) is 5.82 Å². The Kier molecular flexibility index (Phi) is 5.22. The maximum absolute atomic E-state index is 11.8. The molecular weight excluding hydrogens is 266 g/mol. The van der Waals surface area contributed by atoms with Crippen molar-refractivity contribution in [3.63, 3.8) is 0 Å². The fourth-order valence-electron chi connectivity index (χ4n) is 2.19. The molecule has 0 aromatic carbocycles. The van der Waals surface area contributed by atoms with E-state index in [1.165, 1.54) is 0 Å². The van der Waals surface area contributed by atoms with Crippen LogP contribution in [0.2, 0.25) is 0 Å². The molecule has 0 bridgehead atoms. The number of aromatic amines is 1. The van der Waals surface area contributed by atoms with Gasteiger partial charge in [0.2, 0.25) is 5.91 Å². The van der Waals surface area contributed by atoms with Crippen molar-refractivity contribution in [3.05, 3.63) is 11.8 Å². The Morgan fingerprint density at radius 3 is 3.21 bits per heavy atom. The average Bonchev–Trinajstić information content (AvgIpc) is 3.07. The normalized spacial score (nSPS) is 18.7. The number of nitrogens with zero attached hydrogens (tertiary/aromatic N) is 2. The van der Waals surface area contributed by atoms with Crippen molar-refractivity contribution in [2.75, 3.05) is 31.0 Å². The number of ether oxygens (including phenoxy) is 1. The summed E-state index contributed by atoms with van der Waals surface area (Å²) in [5, 5.41) is 7.19. The Bertz CT molecular complexity index is 416. The van der Waals surface area contributed by atoms with Crippen molar-refractivity contribution >= 4 is 23.3 Å². The van der Waals surface area contributed by atoms with Crippen molar-refractivity contribution in [2.24, 2.45) is 5.92 Å². The number of anilines is 1. The van der Waals surface area contributed by atoms with Gasteiger partial charge in [-0.3, -0.25) is 14.8 Å². The number of hydrogen-bond donors (Lipinski definition) is 1. The average molecular weight is 286 g/mol. The third kappa shape index (κ3) is 3.94. The fourth-order valence-corrected chi connectivity index (χ4v) is 2.33. The maximum atomic E-state index is 11.8. The number of nitrogens with one attached hydrogen (secondary N) is 1. The summed E-state index contributed by atoms with van der Waals surface area (Å²) < 4.78 is 5.35. The quantitative estimate of drug-likeness (QED) is 0.813. The van der Waals surface area contributed by atoms with Gasteiger partial charge in [-0.05, 0) is 25.2 Å². The molecule has 1 aromatic rings. The molecule has 1 unspecified atom stereocenters. The lowest BCUT2D eigenvalue weighted by Gasteiger charge is -2.13. The van der Waals surface area contributed by atoms with E-state index in [4.69, 9.17) is 16.3 Å². The number of amides is 1. The molecule has 1 saturated heterocycles. The maximum Gasteiger partial charge on any atom is 0.227 e. The van der Waals surface area contributed by atoms with E-state index in [2.05, 4.69) is 10.2 Å². The standard InChI is InChI=1S/C13H20ClN3O2/c1-17(13(18)3-2-5-14)12-8-11(15-16-12)7-10-4-6-19-9-10/h8,10H,2-7,9H2,1H3,(H,15,16). The summed E-state index contributed by atoms with van der Waals surface area (Å²) >= 11 is 5.59. The van der Waals surface area contributed by atoms with Crippen molar-refractivity contribution in [2.45, 2.75) is 25.7 Å². The number of hydrogen-bond acceptors (Lipinski definition) is 3. The minimum Gasteiger partial charge on any atom is -0.381 e. The highest BCUT2D eigenvalue weighted by atomic mass is 35.5. The van der Waals surface area contributed by atoms with Crippen LogP contribution in [-0.2, 0) is 16.0 Å². The second-order valence-corrected chi connectivity index (χ2v) is 5.31. The molecule has 5 nitrogen and oxygen atoms in total. The molecule has 0 radical (unpaired) electrons. The highest BCUT2D eigenvalue weighted by molar-refractivity contribution is 6.18. The Morgan fingerprint density at radius 2 is 2.53 bits per heavy atom. The van der Waals surface area contributed by atoms with Crippen LogP contribution in [0.5, 0.6) is 0 Å². The van der Waals surface area contributed by atoms with Gasteiger partial charge < -0.3 is 4.74 Å². The van der Waals surface area contributed by atoms with Gasteiger partial charge in [-0.15, -0.1) is 11.6 Å². The lowest BCUT2D eigenvalue weighted by Crippen LogP contribution is -2.26. The van der Waals surface area contributed by atoms with Crippen molar-refractivity contribution in [3.8, 4) is 0 Å². The summed E-state index contributed by atoms with van der Waals surface area (Å²) in [6.07, 6.45) is 3.18. The fraction of sp³-hybridized carbons (Fsp3) is 0.692. The van der Waals surface area contributed by atoms with E-state index in [1.807, 2.05) is 6.07 Å². The number of halogens is 1. The van der Waals surface area contributed by atoms with E-state index in [-0.39, 0.29) is 5.91 Å². The topological polar surface area (TPSA) is 58.2 Å². The summed E-state index contributed by atoms with van der Waals surface area (Å²) in [5.74, 6) is 1.79. The van der Waals surface area contributed by atoms with Crippen LogP contribution in [0.15, 0.2) is 6.07 Å². The molecule has 2 heterocycles. The van der Waals surface area contributed by atoms with Crippen molar-refractivity contribution < 1.29 is 9.53 Å². The summed E-state index contributed by atoms with van der Waals surface area (Å²) in [7, 11) is 1.75. The van der Waals surface area contributed by atoms with Gasteiger partial charge in [-0.25, -0.2) is 0 Å². The molecule has 1 aliphatic heterocycles. The largest absolute Gasteiger partial charge is 0.381 e. The molecule has 1 amide bonds. The predicted octanol–water partition coefficient (Wildman–Crippen LogP) is 1.97. The monoisotopic (exact) mass is 285 g/mol. The van der Waals surface area contributed by atoms with Crippen molar-refractivity contribution in [1.82, 2.24) is 10.2 Å². The number of rotatable bonds is 6. The highest BCUT2D eigenvalue weighted by Crippen LogP contribution is 2.20. The third-order valence-electron chi connectivity index (χ3n) is 3.39. The van der Waals surface area contributed by atoms with Gasteiger partial charge in [-0.2, -0.15) is 5.10 Å². The van der Waals surface area contributed by atoms with Crippen molar-refractivity contribution in [1.29, 1.82) is 0 Å². The Labute approximate surface area is 118 Å². The molecule has 6 heteroatoms. The highest BCUT2D eigenvalue weighted by Gasteiger charge is 2.19. The van der Waals surface area contributed by atoms with Crippen LogP contribution in [0.1, 0.15) is 25.0 Å². The molecule has 0 saturated carbocycles. The first-order valence-corrected chi connectivity index (χ1v) is 7.18. The van der Waals surface area contributed by atoms with Crippen LogP contribution in [0.25, 0.3) is 0 Å². The number of aromatic nitrogens is 2. The van der Waals surface area contributed by atoms with Crippen LogP contribution >= 0.6 is 11.6 Å². The third-order valence-corrected chi connectivity index (χ3v) is 3.66. The first-order chi connectivity index (χ1) is 9.20. The SMILES string of the molecule is CN(C(=O)CCCCl)c1cc(CC2CCOC2)[nH]n1. The molecule has 0 spiro atoms. The number of carbonyl (C=O) groups excluding carboxylic acids is 1. The molecular formula is C13H20ClN3O2. The smallest absolute Gasteiger partial charge is 0.227 e. The minimum absolute atomic E-state index is 0.0444. The van der Waals surface area contributed by atoms with Crippen LogP contribution in [0.3, 0.4) is 0 Å². The first kappa shape index (κ1) is 14.3. The van der Waals surface area contributed by atoms with Gasteiger partial charge in [0.25, 0.3) is 0 Å². The molecule has 2 rings (SSSR count). The molecule has 1 N–H and O–H groups in total. The van der Waals surface area contributed by atoms with E-state index >= 15 is 0 Å². The van der Waals surface area contributed by atoms with E-state index in [0.29, 0.717) is 30.5 Å². The summed E-state index contributed by atoms with van der Waals surface area (Å²) in [6, 6.07) is 1.94. The van der Waals surface area contributed by atoms with E-state index < -0.39 is 0 Å². The van der Waals surface area contributed by atoms with Crippen LogP contribution in [0, 0.1) is 5.92 Å². The predicted molar refractivity (Wildman–Crippen MR) is 74.6 cm³/mol. The minimum atomic E-state index is 0.0444. The summed E-state index contributed by atoms with van der Waals surface area (Å²) in [4.78, 5) is 13.4. The Morgan fingerprint density at radius 1 is 1.68 bits per heavy atom. The van der Waals surface area contributed by atoms with E-state index in [1.54, 1.807) is 11.9 Å². The molecule has 1 atom stereocenters. The summed E-state index contributed by atoms with van der Waals surface area (Å²) in [5.41, 5.74) is 1.06. The van der Waals surface area contributed by atoms with Gasteiger partial charge in [0, 0.05) is 44.3 Å². The van der Waals surface area contributed by atoms with Crippen LogP contribution < -0.4 is 4.90 Å². The lowest BCUT2D eigenvalue weighted by atomic mass is 10.0. The van der Waals surface area contributed by atoms with Gasteiger partial charge in [0.05, 0.1) is 0 Å². The Hall–Kier alpha value is -1.07. The zero-order valence-corrected chi connectivity index (χ0v) is 11.9. The van der Waals surface area contributed by atoms with Crippen LogP contribution in [0.4, 0.5) is 5.82 Å². The second-order valence-electron chi connectivity index (χ2n) is 4.93. The molecule has 19 heavy (non-hydrogen) atoms. The molecule has 1 fully saturated rings. The Balaban J connectivity index is 1.89. The van der Waals surface area contributed by atoms with E-state index in [9.17, 15) is 4.79 Å². The number of alkyl halides is 1. The molecule has 1 aliphatic rings. The van der Waals surface area contributed by atoms with E-state index in [0.717, 1.165) is 31.7 Å². The first-order valence-electron chi connectivity index (χ1n) is 6.65. The molecule has 106 valence electrons. The lowest BCUT2D eigenvalue weighted by molar-refractivity contribution is -0.118. The molecule has 0 aliphatic carbocycles. The van der Waals surface area contributed by atoms with Gasteiger partial charge >= 0.3 is 0 Å². The molecule has 1 aromatic heterocycles. The van der Waals surface area contributed by atoms with Crippen LogP contribution in [-0.4, -0.2) is 42.2 Å². The zero-order chi connectivity index (χ0) is 13.7. The number of H-pyrrole nitrogens is 1. The summed E-state index contributed by atoms with van der Waals surface area (Å²) in [6.45, 7) is 1.67. The second kappa shape index (κ2) is 6.91. The number of carbonyl (C=O) groups is 1.